The molecule has 0 saturated heterocycles. The Labute approximate surface area is 155 Å². The molecule has 136 valence electrons. The van der Waals surface area contributed by atoms with Crippen LogP contribution in [-0.2, 0) is 4.79 Å². The van der Waals surface area contributed by atoms with Gasteiger partial charge in [0.15, 0.2) is 11.5 Å². The highest BCUT2D eigenvalue weighted by Gasteiger charge is 2.15. The van der Waals surface area contributed by atoms with E-state index in [2.05, 4.69) is 10.5 Å². The first-order chi connectivity index (χ1) is 12.4. The fraction of sp³-hybridized carbons (Fsp3) is 0.167. The number of esters is 1. The number of amides is 1. The third-order valence-electron chi connectivity index (χ3n) is 3.20. The van der Waals surface area contributed by atoms with Gasteiger partial charge >= 0.3 is 5.97 Å². The molecule has 8 heteroatoms. The van der Waals surface area contributed by atoms with Crippen LogP contribution in [0.15, 0.2) is 41.5 Å². The molecule has 26 heavy (non-hydrogen) atoms. The average molecular weight is 377 g/mol. The number of hydrogen-bond acceptors (Lipinski definition) is 6. The van der Waals surface area contributed by atoms with Crippen molar-refractivity contribution >= 4 is 29.7 Å². The van der Waals surface area contributed by atoms with Crippen LogP contribution < -0.4 is 19.6 Å². The summed E-state index contributed by atoms with van der Waals surface area (Å²) in [6.07, 6.45) is 1.41. The standard InChI is InChI=1S/C18H17ClN2O5/c1-11(22)26-17-15(24-2)7-12(8-16(17)25-3)10-20-21-18(23)13-5-4-6-14(19)9-13/h4-10H,1-3H3,(H,21,23)/b20-10-. The van der Waals surface area contributed by atoms with Gasteiger partial charge in [0.1, 0.15) is 0 Å². The van der Waals surface area contributed by atoms with Gasteiger partial charge in [-0.15, -0.1) is 0 Å². The molecule has 0 heterocycles. The van der Waals surface area contributed by atoms with Gasteiger partial charge in [0.25, 0.3) is 5.91 Å². The largest absolute Gasteiger partial charge is 0.493 e. The molecule has 1 N–H and O–H groups in total. The van der Waals surface area contributed by atoms with E-state index in [0.29, 0.717) is 27.6 Å². The number of methoxy groups -OCH3 is 2. The van der Waals surface area contributed by atoms with E-state index in [1.54, 1.807) is 30.3 Å². The number of hydrogen-bond donors (Lipinski definition) is 1. The molecule has 0 spiro atoms. The third-order valence-corrected chi connectivity index (χ3v) is 3.43. The molecular weight excluding hydrogens is 360 g/mol. The molecule has 0 aromatic heterocycles. The Morgan fingerprint density at radius 2 is 1.77 bits per heavy atom. The average Bonchev–Trinajstić information content (AvgIpc) is 2.61. The second kappa shape index (κ2) is 8.87. The smallest absolute Gasteiger partial charge is 0.308 e. The molecule has 0 saturated carbocycles. The van der Waals surface area contributed by atoms with E-state index in [1.807, 2.05) is 0 Å². The van der Waals surface area contributed by atoms with Crippen molar-refractivity contribution in [3.63, 3.8) is 0 Å². The number of hydrazone groups is 1. The molecule has 0 bridgehead atoms. The van der Waals surface area contributed by atoms with E-state index in [0.717, 1.165) is 0 Å². The Morgan fingerprint density at radius 3 is 2.31 bits per heavy atom. The van der Waals surface area contributed by atoms with E-state index in [-0.39, 0.29) is 5.75 Å². The minimum absolute atomic E-state index is 0.169. The summed E-state index contributed by atoms with van der Waals surface area (Å²) in [6.45, 7) is 1.28. The molecule has 0 aliphatic carbocycles. The zero-order valence-corrected chi connectivity index (χ0v) is 15.2. The highest BCUT2D eigenvalue weighted by atomic mass is 35.5. The molecule has 0 aliphatic heterocycles. The van der Waals surface area contributed by atoms with Gasteiger partial charge in [-0.3, -0.25) is 9.59 Å². The van der Waals surface area contributed by atoms with Crippen molar-refractivity contribution < 1.29 is 23.8 Å². The fourth-order valence-electron chi connectivity index (χ4n) is 2.08. The Balaban J connectivity index is 2.19. The minimum atomic E-state index is -0.503. The summed E-state index contributed by atoms with van der Waals surface area (Å²) in [6, 6.07) is 9.68. The second-order valence-corrected chi connectivity index (χ2v) is 5.49. The lowest BCUT2D eigenvalue weighted by Crippen LogP contribution is -2.17. The van der Waals surface area contributed by atoms with Crippen molar-refractivity contribution in [3.05, 3.63) is 52.5 Å². The molecule has 2 rings (SSSR count). The molecule has 0 unspecified atom stereocenters. The number of carbonyl (C=O) groups excluding carboxylic acids is 2. The van der Waals surface area contributed by atoms with Crippen molar-refractivity contribution in [3.8, 4) is 17.2 Å². The Bertz CT molecular complexity index is 826. The lowest BCUT2D eigenvalue weighted by Gasteiger charge is -2.13. The quantitative estimate of drug-likeness (QED) is 0.362. The van der Waals surface area contributed by atoms with Crippen molar-refractivity contribution in [1.82, 2.24) is 5.43 Å². The summed E-state index contributed by atoms with van der Waals surface area (Å²) in [5, 5.41) is 4.36. The number of carbonyl (C=O) groups is 2. The molecule has 0 radical (unpaired) electrons. The maximum absolute atomic E-state index is 12.0. The summed E-state index contributed by atoms with van der Waals surface area (Å²) >= 11 is 5.85. The van der Waals surface area contributed by atoms with Crippen LogP contribution in [0, 0.1) is 0 Å². The second-order valence-electron chi connectivity index (χ2n) is 5.06. The fourth-order valence-corrected chi connectivity index (χ4v) is 2.27. The van der Waals surface area contributed by atoms with Crippen LogP contribution >= 0.6 is 11.6 Å². The molecule has 0 atom stereocenters. The van der Waals surface area contributed by atoms with E-state index < -0.39 is 11.9 Å². The number of nitrogens with zero attached hydrogens (tertiary/aromatic N) is 1. The van der Waals surface area contributed by atoms with Gasteiger partial charge < -0.3 is 14.2 Å². The molecule has 2 aromatic carbocycles. The van der Waals surface area contributed by atoms with Crippen LogP contribution in [0.1, 0.15) is 22.8 Å². The van der Waals surface area contributed by atoms with Gasteiger partial charge in [0.2, 0.25) is 5.75 Å². The van der Waals surface area contributed by atoms with Crippen molar-refractivity contribution in [2.24, 2.45) is 5.10 Å². The van der Waals surface area contributed by atoms with E-state index in [1.165, 1.54) is 33.4 Å². The summed E-state index contributed by atoms with van der Waals surface area (Å²) < 4.78 is 15.5. The van der Waals surface area contributed by atoms with Crippen molar-refractivity contribution in [2.75, 3.05) is 14.2 Å². The van der Waals surface area contributed by atoms with Crippen LogP contribution in [0.3, 0.4) is 0 Å². The lowest BCUT2D eigenvalue weighted by molar-refractivity contribution is -0.132. The summed E-state index contributed by atoms with van der Waals surface area (Å²) in [5.41, 5.74) is 3.36. The third kappa shape index (κ3) is 4.97. The van der Waals surface area contributed by atoms with Gasteiger partial charge in [0.05, 0.1) is 20.4 Å². The maximum atomic E-state index is 12.0. The Kier molecular flexibility index (Phi) is 6.57. The van der Waals surface area contributed by atoms with Crippen LogP contribution in [0.25, 0.3) is 0 Å². The van der Waals surface area contributed by atoms with Crippen LogP contribution in [0.4, 0.5) is 0 Å². The predicted octanol–water partition coefficient (Wildman–Crippen LogP) is 3.05. The normalized spacial score (nSPS) is 10.5. The number of ether oxygens (including phenoxy) is 3. The van der Waals surface area contributed by atoms with E-state index >= 15 is 0 Å². The molecule has 0 fully saturated rings. The Hall–Kier alpha value is -3.06. The topological polar surface area (TPSA) is 86.2 Å². The zero-order valence-electron chi connectivity index (χ0n) is 14.4. The number of benzene rings is 2. The predicted molar refractivity (Wildman–Crippen MR) is 97.4 cm³/mol. The van der Waals surface area contributed by atoms with Crippen LogP contribution in [0.2, 0.25) is 5.02 Å². The zero-order chi connectivity index (χ0) is 19.1. The summed E-state index contributed by atoms with van der Waals surface area (Å²) in [5.74, 6) is -0.150. The lowest BCUT2D eigenvalue weighted by atomic mass is 10.2. The molecule has 2 aromatic rings. The molecule has 1 amide bonds. The molecule has 7 nitrogen and oxygen atoms in total. The highest BCUT2D eigenvalue weighted by Crippen LogP contribution is 2.38. The van der Waals surface area contributed by atoms with Gasteiger partial charge in [0, 0.05) is 23.1 Å². The monoisotopic (exact) mass is 376 g/mol. The minimum Gasteiger partial charge on any atom is -0.493 e. The van der Waals surface area contributed by atoms with Gasteiger partial charge in [-0.05, 0) is 30.3 Å². The first kappa shape index (κ1) is 19.3. The highest BCUT2D eigenvalue weighted by molar-refractivity contribution is 6.30. The van der Waals surface area contributed by atoms with Crippen LogP contribution in [-0.4, -0.2) is 32.3 Å². The Morgan fingerprint density at radius 1 is 1.12 bits per heavy atom. The van der Waals surface area contributed by atoms with Crippen LogP contribution in [0.5, 0.6) is 17.2 Å². The van der Waals surface area contributed by atoms with E-state index in [9.17, 15) is 9.59 Å². The van der Waals surface area contributed by atoms with E-state index in [4.69, 9.17) is 25.8 Å². The number of rotatable bonds is 6. The number of halogens is 1. The summed E-state index contributed by atoms with van der Waals surface area (Å²) in [7, 11) is 2.87. The summed E-state index contributed by atoms with van der Waals surface area (Å²) in [4.78, 5) is 23.2. The van der Waals surface area contributed by atoms with Crippen molar-refractivity contribution in [1.29, 1.82) is 0 Å². The first-order valence-corrected chi connectivity index (χ1v) is 7.85. The molecular formula is C18H17ClN2O5. The van der Waals surface area contributed by atoms with Gasteiger partial charge in [-0.1, -0.05) is 17.7 Å². The number of nitrogens with one attached hydrogen (secondary N) is 1. The SMILES string of the molecule is COc1cc(/C=N\NC(=O)c2cccc(Cl)c2)cc(OC)c1OC(C)=O. The van der Waals surface area contributed by atoms with Gasteiger partial charge in [-0.25, -0.2) is 5.43 Å². The maximum Gasteiger partial charge on any atom is 0.308 e. The van der Waals surface area contributed by atoms with Crippen molar-refractivity contribution in [2.45, 2.75) is 6.92 Å². The first-order valence-electron chi connectivity index (χ1n) is 7.48. The van der Waals surface area contributed by atoms with Gasteiger partial charge in [-0.2, -0.15) is 5.10 Å². The molecule has 0 aliphatic rings.